The Morgan fingerprint density at radius 1 is 1.25 bits per heavy atom. The van der Waals surface area contributed by atoms with Crippen LogP contribution in [0.2, 0.25) is 0 Å². The maximum absolute atomic E-state index is 13.1. The van der Waals surface area contributed by atoms with Crippen LogP contribution in [0, 0.1) is 5.82 Å². The molecule has 0 unspecified atom stereocenters. The molecule has 0 radical (unpaired) electrons. The second kappa shape index (κ2) is 3.92. The average Bonchev–Trinajstić information content (AvgIpc) is 2.16. The summed E-state index contributed by atoms with van der Waals surface area (Å²) < 4.78 is 23.6. The lowest BCUT2D eigenvalue weighted by atomic mass is 10.1. The molecule has 2 rings (SSSR count). The zero-order valence-electron chi connectivity index (χ0n) is 9.37. The molecular formula is C11H15FN2O2. The molecule has 0 spiro atoms. The van der Waals surface area contributed by atoms with Gasteiger partial charge in [-0.3, -0.25) is 0 Å². The van der Waals surface area contributed by atoms with E-state index in [1.807, 2.05) is 4.90 Å². The molecule has 0 bridgehead atoms. The van der Waals surface area contributed by atoms with Gasteiger partial charge in [-0.1, -0.05) is 0 Å². The average molecular weight is 226 g/mol. The number of nitrogens with two attached hydrogens (primary N) is 1. The summed E-state index contributed by atoms with van der Waals surface area (Å²) in [6, 6.07) is 4.48. The predicted octanol–water partition coefficient (Wildman–Crippen LogP) is 1.22. The zero-order valence-corrected chi connectivity index (χ0v) is 9.37. The van der Waals surface area contributed by atoms with Crippen LogP contribution in [0.15, 0.2) is 18.2 Å². The van der Waals surface area contributed by atoms with Gasteiger partial charge in [0.25, 0.3) is 0 Å². The number of methoxy groups -OCH3 is 2. The monoisotopic (exact) mass is 226 g/mol. The molecule has 5 heteroatoms. The third-order valence-electron chi connectivity index (χ3n) is 2.88. The fourth-order valence-corrected chi connectivity index (χ4v) is 1.84. The van der Waals surface area contributed by atoms with Crippen molar-refractivity contribution < 1.29 is 13.9 Å². The first-order valence-corrected chi connectivity index (χ1v) is 5.00. The van der Waals surface area contributed by atoms with Gasteiger partial charge in [-0.25, -0.2) is 4.39 Å². The van der Waals surface area contributed by atoms with Gasteiger partial charge in [0, 0.05) is 25.6 Å². The third-order valence-corrected chi connectivity index (χ3v) is 2.88. The molecule has 0 saturated carbocycles. The van der Waals surface area contributed by atoms with Crippen molar-refractivity contribution in [3.05, 3.63) is 24.0 Å². The number of halogens is 1. The van der Waals surface area contributed by atoms with Crippen molar-refractivity contribution in [2.45, 2.75) is 5.79 Å². The predicted molar refractivity (Wildman–Crippen MR) is 59.8 cm³/mol. The highest BCUT2D eigenvalue weighted by molar-refractivity contribution is 5.58. The molecule has 0 amide bonds. The summed E-state index contributed by atoms with van der Waals surface area (Å²) in [7, 11) is 3.20. The first-order valence-electron chi connectivity index (χ1n) is 5.00. The Balaban J connectivity index is 2.11. The number of hydrogen-bond acceptors (Lipinski definition) is 4. The Kier molecular flexibility index (Phi) is 2.73. The lowest BCUT2D eigenvalue weighted by Crippen LogP contribution is -2.64. The van der Waals surface area contributed by atoms with E-state index in [2.05, 4.69) is 0 Å². The van der Waals surface area contributed by atoms with Crippen LogP contribution in [-0.4, -0.2) is 33.1 Å². The normalized spacial score (nSPS) is 18.3. The van der Waals surface area contributed by atoms with Gasteiger partial charge in [-0.05, 0) is 18.2 Å². The molecule has 4 nitrogen and oxygen atoms in total. The number of hydrogen-bond donors (Lipinski definition) is 1. The minimum Gasteiger partial charge on any atom is -0.399 e. The zero-order chi connectivity index (χ0) is 11.8. The minimum absolute atomic E-state index is 0.331. The van der Waals surface area contributed by atoms with Crippen molar-refractivity contribution in [2.75, 3.05) is 37.9 Å². The molecule has 1 fully saturated rings. The van der Waals surface area contributed by atoms with E-state index >= 15 is 0 Å². The van der Waals surface area contributed by atoms with E-state index in [1.165, 1.54) is 12.1 Å². The molecule has 1 aliphatic heterocycles. The maximum Gasteiger partial charge on any atom is 0.203 e. The highest BCUT2D eigenvalue weighted by Crippen LogP contribution is 2.31. The van der Waals surface area contributed by atoms with Gasteiger partial charge in [0.15, 0.2) is 0 Å². The van der Waals surface area contributed by atoms with Gasteiger partial charge in [0.1, 0.15) is 5.82 Å². The molecule has 1 heterocycles. The smallest absolute Gasteiger partial charge is 0.203 e. The Labute approximate surface area is 93.7 Å². The number of anilines is 2. The van der Waals surface area contributed by atoms with Crippen molar-refractivity contribution in [2.24, 2.45) is 0 Å². The quantitative estimate of drug-likeness (QED) is 0.622. The van der Waals surface area contributed by atoms with Crippen LogP contribution in [-0.2, 0) is 9.47 Å². The van der Waals surface area contributed by atoms with Crippen molar-refractivity contribution in [1.82, 2.24) is 0 Å². The van der Waals surface area contributed by atoms with Crippen LogP contribution >= 0.6 is 0 Å². The fourth-order valence-electron chi connectivity index (χ4n) is 1.84. The Hall–Kier alpha value is -1.33. The van der Waals surface area contributed by atoms with Gasteiger partial charge in [0.05, 0.1) is 13.1 Å². The highest BCUT2D eigenvalue weighted by Gasteiger charge is 2.44. The van der Waals surface area contributed by atoms with Crippen LogP contribution in [0.5, 0.6) is 0 Å². The third kappa shape index (κ3) is 1.83. The lowest BCUT2D eigenvalue weighted by molar-refractivity contribution is -0.219. The topological polar surface area (TPSA) is 47.7 Å². The van der Waals surface area contributed by atoms with Crippen LogP contribution in [0.25, 0.3) is 0 Å². The molecule has 1 aromatic rings. The first kappa shape index (κ1) is 11.2. The van der Waals surface area contributed by atoms with Gasteiger partial charge in [-0.15, -0.1) is 0 Å². The molecule has 0 atom stereocenters. The van der Waals surface area contributed by atoms with Crippen molar-refractivity contribution in [3.8, 4) is 0 Å². The number of ether oxygens (including phenoxy) is 2. The Morgan fingerprint density at radius 3 is 2.38 bits per heavy atom. The van der Waals surface area contributed by atoms with Crippen LogP contribution in [0.4, 0.5) is 15.8 Å². The standard InChI is InChI=1S/C11H15FN2O2/c1-15-11(16-2)6-14(7-11)10-4-8(12)3-9(13)5-10/h3-5H,6-7,13H2,1-2H3. The SMILES string of the molecule is COC1(OC)CN(c2cc(N)cc(F)c2)C1. The fraction of sp³-hybridized carbons (Fsp3) is 0.455. The number of nitrogen functional groups attached to an aromatic ring is 1. The van der Waals surface area contributed by atoms with E-state index in [0.29, 0.717) is 18.8 Å². The summed E-state index contributed by atoms with van der Waals surface area (Å²) in [4.78, 5) is 1.95. The Morgan fingerprint density at radius 2 is 1.88 bits per heavy atom. The highest BCUT2D eigenvalue weighted by atomic mass is 19.1. The van der Waals surface area contributed by atoms with Crippen LogP contribution in [0.3, 0.4) is 0 Å². The lowest BCUT2D eigenvalue weighted by Gasteiger charge is -2.48. The molecule has 1 aliphatic rings. The first-order chi connectivity index (χ1) is 7.58. The largest absolute Gasteiger partial charge is 0.399 e. The summed E-state index contributed by atoms with van der Waals surface area (Å²) in [6.07, 6.45) is 0. The number of rotatable bonds is 3. The van der Waals surface area contributed by atoms with Gasteiger partial charge in [-0.2, -0.15) is 0 Å². The number of nitrogens with zero attached hydrogens (tertiary/aromatic N) is 1. The minimum atomic E-state index is -0.568. The number of benzene rings is 1. The van der Waals surface area contributed by atoms with Crippen LogP contribution in [0.1, 0.15) is 0 Å². The van der Waals surface area contributed by atoms with Crippen LogP contribution < -0.4 is 10.6 Å². The van der Waals surface area contributed by atoms with E-state index in [0.717, 1.165) is 5.69 Å². The Bertz CT molecular complexity index is 365. The van der Waals surface area contributed by atoms with Gasteiger partial charge >= 0.3 is 0 Å². The van der Waals surface area contributed by atoms with Crippen molar-refractivity contribution in [3.63, 3.8) is 0 Å². The summed E-state index contributed by atoms with van der Waals surface area (Å²) in [5.74, 6) is -0.900. The molecular weight excluding hydrogens is 211 g/mol. The second-order valence-electron chi connectivity index (χ2n) is 3.92. The van der Waals surface area contributed by atoms with Crippen molar-refractivity contribution >= 4 is 11.4 Å². The molecule has 2 N–H and O–H groups in total. The molecule has 88 valence electrons. The van der Waals surface area contributed by atoms with E-state index in [9.17, 15) is 4.39 Å². The second-order valence-corrected chi connectivity index (χ2v) is 3.92. The molecule has 0 aliphatic carbocycles. The molecule has 1 aromatic carbocycles. The van der Waals surface area contributed by atoms with Crippen molar-refractivity contribution in [1.29, 1.82) is 0 Å². The summed E-state index contributed by atoms with van der Waals surface area (Å²) in [5.41, 5.74) is 6.75. The summed E-state index contributed by atoms with van der Waals surface area (Å²) >= 11 is 0. The summed E-state index contributed by atoms with van der Waals surface area (Å²) in [5, 5.41) is 0. The summed E-state index contributed by atoms with van der Waals surface area (Å²) in [6.45, 7) is 1.14. The van der Waals surface area contributed by atoms with E-state index in [1.54, 1.807) is 20.3 Å². The molecule has 16 heavy (non-hydrogen) atoms. The van der Waals surface area contributed by atoms with Gasteiger partial charge < -0.3 is 20.1 Å². The molecule has 1 saturated heterocycles. The van der Waals surface area contributed by atoms with Gasteiger partial charge in [0.2, 0.25) is 5.79 Å². The van der Waals surface area contributed by atoms with E-state index in [4.69, 9.17) is 15.2 Å². The maximum atomic E-state index is 13.1. The molecule has 0 aromatic heterocycles. The van der Waals surface area contributed by atoms with E-state index in [-0.39, 0.29) is 5.82 Å². The van der Waals surface area contributed by atoms with E-state index < -0.39 is 5.79 Å².